The molecule has 2 aliphatic rings. The quantitative estimate of drug-likeness (QED) is 0.660. The molecule has 1 aliphatic heterocycles. The van der Waals surface area contributed by atoms with Crippen LogP contribution in [0.3, 0.4) is 0 Å². The van der Waals surface area contributed by atoms with Crippen molar-refractivity contribution < 1.29 is 0 Å². The van der Waals surface area contributed by atoms with Crippen LogP contribution in [-0.4, -0.2) is 24.0 Å². The van der Waals surface area contributed by atoms with E-state index in [1.165, 1.54) is 45.2 Å². The Hall–Kier alpha value is -0.0400. The molecule has 0 amide bonds. The SMILES string of the molecule is CC.CC.CCC1CCN(C2CC2)CC1. The third-order valence-corrected chi connectivity index (χ3v) is 3.29. The Labute approximate surface area is 97.2 Å². The van der Waals surface area contributed by atoms with Gasteiger partial charge >= 0.3 is 0 Å². The molecule has 0 radical (unpaired) electrons. The van der Waals surface area contributed by atoms with Crippen molar-refractivity contribution in [1.29, 1.82) is 0 Å². The predicted octanol–water partition coefficient (Wildman–Crippen LogP) is 4.32. The van der Waals surface area contributed by atoms with Crippen LogP contribution < -0.4 is 0 Å². The van der Waals surface area contributed by atoms with Gasteiger partial charge in [0, 0.05) is 6.04 Å². The minimum absolute atomic E-state index is 1.01. The van der Waals surface area contributed by atoms with Crippen LogP contribution in [0.2, 0.25) is 0 Å². The maximum absolute atomic E-state index is 2.70. The fourth-order valence-corrected chi connectivity index (χ4v) is 2.17. The van der Waals surface area contributed by atoms with Crippen LogP contribution in [0.25, 0.3) is 0 Å². The Morgan fingerprint density at radius 3 is 1.67 bits per heavy atom. The third-order valence-electron chi connectivity index (χ3n) is 3.29. The predicted molar refractivity (Wildman–Crippen MR) is 70.3 cm³/mol. The van der Waals surface area contributed by atoms with Crippen molar-refractivity contribution in [3.05, 3.63) is 0 Å². The lowest BCUT2D eigenvalue weighted by atomic mass is 9.94. The standard InChI is InChI=1S/C10H19N.2C2H6/c1-2-9-5-7-11(8-6-9)10-3-4-10;2*1-2/h9-10H,2-8H2,1H3;2*1-2H3. The summed E-state index contributed by atoms with van der Waals surface area (Å²) in [6.45, 7) is 13.1. The van der Waals surface area contributed by atoms with E-state index in [0.717, 1.165) is 12.0 Å². The molecular formula is C14H31N. The molecule has 1 saturated heterocycles. The van der Waals surface area contributed by atoms with Gasteiger partial charge in [0.1, 0.15) is 0 Å². The summed E-state index contributed by atoms with van der Waals surface area (Å²) in [5.41, 5.74) is 0. The van der Waals surface area contributed by atoms with Gasteiger partial charge in [-0.1, -0.05) is 41.0 Å². The first-order valence-corrected chi connectivity index (χ1v) is 7.14. The number of rotatable bonds is 2. The Kier molecular flexibility index (Phi) is 9.18. The van der Waals surface area contributed by atoms with Gasteiger partial charge in [0.25, 0.3) is 0 Å². The summed E-state index contributed by atoms with van der Waals surface area (Å²) in [5.74, 6) is 1.05. The maximum Gasteiger partial charge on any atom is 0.00964 e. The summed E-state index contributed by atoms with van der Waals surface area (Å²) >= 11 is 0. The van der Waals surface area contributed by atoms with Gasteiger partial charge in [-0.2, -0.15) is 0 Å². The first-order valence-electron chi connectivity index (χ1n) is 7.14. The molecule has 0 spiro atoms. The molecule has 1 heteroatoms. The highest BCUT2D eigenvalue weighted by Crippen LogP contribution is 2.31. The normalized spacial score (nSPS) is 22.2. The van der Waals surface area contributed by atoms with E-state index in [9.17, 15) is 0 Å². The highest BCUT2D eigenvalue weighted by molar-refractivity contribution is 4.86. The first kappa shape index (κ1) is 15.0. The van der Waals surface area contributed by atoms with Crippen LogP contribution in [0, 0.1) is 5.92 Å². The van der Waals surface area contributed by atoms with Gasteiger partial charge in [0.05, 0.1) is 0 Å². The molecule has 0 atom stereocenters. The molecule has 0 unspecified atom stereocenters. The lowest BCUT2D eigenvalue weighted by molar-refractivity contribution is 0.174. The van der Waals surface area contributed by atoms with Gasteiger partial charge < -0.3 is 4.90 Å². The fraction of sp³-hybridized carbons (Fsp3) is 1.00. The second-order valence-electron chi connectivity index (χ2n) is 4.12. The van der Waals surface area contributed by atoms with Crippen molar-refractivity contribution in [3.8, 4) is 0 Å². The number of hydrogen-bond acceptors (Lipinski definition) is 1. The van der Waals surface area contributed by atoms with Crippen molar-refractivity contribution in [2.45, 2.75) is 72.8 Å². The summed E-state index contributed by atoms with van der Waals surface area (Å²) < 4.78 is 0. The lowest BCUT2D eigenvalue weighted by Gasteiger charge is -2.31. The molecule has 1 nitrogen and oxygen atoms in total. The van der Waals surface area contributed by atoms with E-state index in [0.29, 0.717) is 0 Å². The maximum atomic E-state index is 2.70. The van der Waals surface area contributed by atoms with Crippen molar-refractivity contribution in [2.75, 3.05) is 13.1 Å². The van der Waals surface area contributed by atoms with Crippen LogP contribution in [-0.2, 0) is 0 Å². The van der Waals surface area contributed by atoms with E-state index >= 15 is 0 Å². The molecule has 2 rings (SSSR count). The largest absolute Gasteiger partial charge is 0.300 e. The molecular weight excluding hydrogens is 182 g/mol. The minimum atomic E-state index is 1.01. The summed E-state index contributed by atoms with van der Waals surface area (Å²) in [6, 6.07) is 1.01. The Bertz CT molecular complexity index is 121. The average molecular weight is 213 g/mol. The molecule has 1 heterocycles. The molecule has 0 aromatic carbocycles. The summed E-state index contributed by atoms with van der Waals surface area (Å²) in [6.07, 6.45) is 7.30. The van der Waals surface area contributed by atoms with Gasteiger partial charge in [-0.25, -0.2) is 0 Å². The second-order valence-corrected chi connectivity index (χ2v) is 4.12. The highest BCUT2D eigenvalue weighted by Gasteiger charge is 2.31. The second kappa shape index (κ2) is 9.21. The van der Waals surface area contributed by atoms with Gasteiger partial charge in [-0.3, -0.25) is 0 Å². The number of hydrogen-bond donors (Lipinski definition) is 0. The van der Waals surface area contributed by atoms with Crippen molar-refractivity contribution in [1.82, 2.24) is 4.90 Å². The zero-order valence-corrected chi connectivity index (χ0v) is 11.6. The minimum Gasteiger partial charge on any atom is -0.300 e. The van der Waals surface area contributed by atoms with E-state index in [-0.39, 0.29) is 0 Å². The van der Waals surface area contributed by atoms with E-state index in [1.807, 2.05) is 27.7 Å². The molecule has 92 valence electrons. The first-order chi connectivity index (χ1) is 7.40. The topological polar surface area (TPSA) is 3.24 Å². The third kappa shape index (κ3) is 5.55. The summed E-state index contributed by atoms with van der Waals surface area (Å²) in [5, 5.41) is 0. The van der Waals surface area contributed by atoms with Crippen LogP contribution in [0.5, 0.6) is 0 Å². The summed E-state index contributed by atoms with van der Waals surface area (Å²) in [7, 11) is 0. The van der Waals surface area contributed by atoms with Crippen molar-refractivity contribution in [2.24, 2.45) is 5.92 Å². The molecule has 0 aromatic rings. The van der Waals surface area contributed by atoms with Crippen LogP contribution in [0.1, 0.15) is 66.7 Å². The monoisotopic (exact) mass is 213 g/mol. The van der Waals surface area contributed by atoms with Gasteiger partial charge in [0.15, 0.2) is 0 Å². The Morgan fingerprint density at radius 1 is 0.867 bits per heavy atom. The molecule has 2 fully saturated rings. The lowest BCUT2D eigenvalue weighted by Crippen LogP contribution is -2.35. The zero-order chi connectivity index (χ0) is 11.7. The number of nitrogens with zero attached hydrogens (tertiary/aromatic N) is 1. The van der Waals surface area contributed by atoms with Crippen molar-refractivity contribution >= 4 is 0 Å². The molecule has 0 N–H and O–H groups in total. The van der Waals surface area contributed by atoms with E-state index in [2.05, 4.69) is 11.8 Å². The van der Waals surface area contributed by atoms with Crippen LogP contribution in [0.15, 0.2) is 0 Å². The van der Waals surface area contributed by atoms with E-state index < -0.39 is 0 Å². The highest BCUT2D eigenvalue weighted by atomic mass is 15.2. The Morgan fingerprint density at radius 2 is 1.33 bits per heavy atom. The molecule has 0 aromatic heterocycles. The van der Waals surface area contributed by atoms with Gasteiger partial charge in [0.2, 0.25) is 0 Å². The molecule has 15 heavy (non-hydrogen) atoms. The molecule has 1 saturated carbocycles. The molecule has 1 aliphatic carbocycles. The smallest absolute Gasteiger partial charge is 0.00964 e. The molecule has 0 bridgehead atoms. The zero-order valence-electron chi connectivity index (χ0n) is 11.6. The van der Waals surface area contributed by atoms with Crippen LogP contribution in [0.4, 0.5) is 0 Å². The summed E-state index contributed by atoms with van der Waals surface area (Å²) in [4.78, 5) is 2.70. The Balaban J connectivity index is 0.000000442. The average Bonchev–Trinajstić information content (AvgIpc) is 3.19. The van der Waals surface area contributed by atoms with E-state index in [1.54, 1.807) is 0 Å². The van der Waals surface area contributed by atoms with Crippen LogP contribution >= 0.6 is 0 Å². The van der Waals surface area contributed by atoms with Gasteiger partial charge in [-0.15, -0.1) is 0 Å². The fourth-order valence-electron chi connectivity index (χ4n) is 2.17. The number of piperidine rings is 1. The number of likely N-dealkylation sites (tertiary alicyclic amines) is 1. The van der Waals surface area contributed by atoms with Gasteiger partial charge in [-0.05, 0) is 44.7 Å². The van der Waals surface area contributed by atoms with E-state index in [4.69, 9.17) is 0 Å². The van der Waals surface area contributed by atoms with Crippen molar-refractivity contribution in [3.63, 3.8) is 0 Å².